The Kier molecular flexibility index (Phi) is 4.67. The first-order valence-electron chi connectivity index (χ1n) is 9.30. The van der Waals surface area contributed by atoms with Gasteiger partial charge < -0.3 is 14.4 Å². The molecule has 0 atom stereocenters. The van der Waals surface area contributed by atoms with E-state index >= 15 is 0 Å². The Bertz CT molecular complexity index is 970. The minimum absolute atomic E-state index is 0.0740. The van der Waals surface area contributed by atoms with Gasteiger partial charge in [-0.1, -0.05) is 48.5 Å². The van der Waals surface area contributed by atoms with E-state index in [-0.39, 0.29) is 11.8 Å². The molecule has 3 aromatic rings. The van der Waals surface area contributed by atoms with E-state index in [9.17, 15) is 9.59 Å². The van der Waals surface area contributed by atoms with Crippen LogP contribution in [0, 0.1) is 0 Å². The maximum absolute atomic E-state index is 13.0. The van der Waals surface area contributed by atoms with Crippen LogP contribution >= 0.6 is 0 Å². The molecule has 1 aromatic heterocycles. The second kappa shape index (κ2) is 7.27. The summed E-state index contributed by atoms with van der Waals surface area (Å²) in [5, 5.41) is 1.13. The molecule has 0 bridgehead atoms. The predicted molar refractivity (Wildman–Crippen MR) is 106 cm³/mol. The summed E-state index contributed by atoms with van der Waals surface area (Å²) in [6, 6.07) is 20.5. The fourth-order valence-electron chi connectivity index (χ4n) is 3.73. The van der Waals surface area contributed by atoms with Crippen molar-refractivity contribution in [3.8, 4) is 11.3 Å². The molecule has 1 aliphatic heterocycles. The van der Waals surface area contributed by atoms with E-state index in [4.69, 9.17) is 0 Å². The van der Waals surface area contributed by atoms with E-state index in [2.05, 4.69) is 34.9 Å². The zero-order valence-corrected chi connectivity index (χ0v) is 15.5. The molecule has 1 saturated heterocycles. The van der Waals surface area contributed by atoms with Crippen molar-refractivity contribution >= 4 is 22.7 Å². The standard InChI is InChI=1S/C22H23N3O2/c1-17(26)23-11-13-24(14-12-23)22(27)16-25-20-10-6-5-9-19(20)15-21(25)18-7-3-2-4-8-18/h2-10,15H,11-14,16H2,1H3. The van der Waals surface area contributed by atoms with Gasteiger partial charge in [0.05, 0.1) is 0 Å². The minimum Gasteiger partial charge on any atom is -0.339 e. The quantitative estimate of drug-likeness (QED) is 0.720. The molecular formula is C22H23N3O2. The number of carbonyl (C=O) groups is 2. The summed E-state index contributed by atoms with van der Waals surface area (Å²) in [7, 11) is 0. The first-order valence-corrected chi connectivity index (χ1v) is 9.30. The van der Waals surface area contributed by atoms with Crippen molar-refractivity contribution in [3.05, 3.63) is 60.7 Å². The zero-order chi connectivity index (χ0) is 18.8. The van der Waals surface area contributed by atoms with Gasteiger partial charge in [-0.25, -0.2) is 0 Å². The lowest BCUT2D eigenvalue weighted by atomic mass is 10.1. The Morgan fingerprint density at radius 1 is 0.852 bits per heavy atom. The Morgan fingerprint density at radius 3 is 2.19 bits per heavy atom. The summed E-state index contributed by atoms with van der Waals surface area (Å²) in [5.41, 5.74) is 3.21. The molecule has 138 valence electrons. The summed E-state index contributed by atoms with van der Waals surface area (Å²) in [6.45, 7) is 4.29. The monoisotopic (exact) mass is 361 g/mol. The number of para-hydroxylation sites is 1. The number of rotatable bonds is 3. The van der Waals surface area contributed by atoms with Crippen LogP contribution < -0.4 is 0 Å². The minimum atomic E-state index is 0.0740. The first-order chi connectivity index (χ1) is 13.1. The van der Waals surface area contributed by atoms with E-state index in [0.29, 0.717) is 32.7 Å². The highest BCUT2D eigenvalue weighted by Crippen LogP contribution is 2.28. The van der Waals surface area contributed by atoms with E-state index in [1.165, 1.54) is 0 Å². The highest BCUT2D eigenvalue weighted by atomic mass is 16.2. The average Bonchev–Trinajstić information content (AvgIpc) is 3.07. The summed E-state index contributed by atoms with van der Waals surface area (Å²) >= 11 is 0. The van der Waals surface area contributed by atoms with Gasteiger partial charge in [0.1, 0.15) is 6.54 Å². The molecule has 5 nitrogen and oxygen atoms in total. The number of carbonyl (C=O) groups excluding carboxylic acids is 2. The molecule has 2 heterocycles. The van der Waals surface area contributed by atoms with Crippen molar-refractivity contribution in [2.24, 2.45) is 0 Å². The molecule has 0 unspecified atom stereocenters. The van der Waals surface area contributed by atoms with Gasteiger partial charge in [0.25, 0.3) is 0 Å². The van der Waals surface area contributed by atoms with Gasteiger partial charge in [-0.15, -0.1) is 0 Å². The third kappa shape index (κ3) is 3.45. The average molecular weight is 361 g/mol. The maximum Gasteiger partial charge on any atom is 0.242 e. The van der Waals surface area contributed by atoms with Crippen molar-refractivity contribution in [1.82, 2.24) is 14.4 Å². The van der Waals surface area contributed by atoms with Gasteiger partial charge in [0.15, 0.2) is 0 Å². The lowest BCUT2D eigenvalue weighted by Gasteiger charge is -2.34. The number of hydrogen-bond acceptors (Lipinski definition) is 2. The Morgan fingerprint density at radius 2 is 1.48 bits per heavy atom. The molecule has 2 aromatic carbocycles. The number of hydrogen-bond donors (Lipinski definition) is 0. The molecule has 2 amide bonds. The van der Waals surface area contributed by atoms with Gasteiger partial charge in [-0.2, -0.15) is 0 Å². The molecule has 0 spiro atoms. The Balaban J connectivity index is 1.62. The van der Waals surface area contributed by atoms with Crippen molar-refractivity contribution in [3.63, 3.8) is 0 Å². The van der Waals surface area contributed by atoms with Gasteiger partial charge in [-0.3, -0.25) is 9.59 Å². The highest BCUT2D eigenvalue weighted by molar-refractivity contribution is 5.89. The summed E-state index contributed by atoms with van der Waals surface area (Å²) in [6.07, 6.45) is 0. The van der Waals surface area contributed by atoms with Crippen LogP contribution in [0.1, 0.15) is 6.92 Å². The molecule has 1 aliphatic rings. The molecule has 0 aliphatic carbocycles. The topological polar surface area (TPSA) is 45.6 Å². The van der Waals surface area contributed by atoms with Crippen molar-refractivity contribution in [2.45, 2.75) is 13.5 Å². The van der Waals surface area contributed by atoms with Crippen LogP contribution in [-0.2, 0) is 16.1 Å². The summed E-state index contributed by atoms with van der Waals surface area (Å²) in [5.74, 6) is 0.168. The lowest BCUT2D eigenvalue weighted by molar-refractivity contribution is -0.138. The number of piperazine rings is 1. The smallest absolute Gasteiger partial charge is 0.242 e. The maximum atomic E-state index is 13.0. The van der Waals surface area contributed by atoms with Crippen LogP contribution in [-0.4, -0.2) is 52.4 Å². The van der Waals surface area contributed by atoms with E-state index in [1.807, 2.05) is 35.2 Å². The van der Waals surface area contributed by atoms with Crippen LogP contribution in [0.2, 0.25) is 0 Å². The summed E-state index contributed by atoms with van der Waals surface area (Å²) < 4.78 is 2.10. The van der Waals surface area contributed by atoms with Crippen LogP contribution in [0.5, 0.6) is 0 Å². The van der Waals surface area contributed by atoms with Gasteiger partial charge in [-0.05, 0) is 17.7 Å². The molecule has 0 N–H and O–H groups in total. The largest absolute Gasteiger partial charge is 0.339 e. The third-order valence-corrected chi connectivity index (χ3v) is 5.25. The number of nitrogens with zero attached hydrogens (tertiary/aromatic N) is 3. The number of fused-ring (bicyclic) bond motifs is 1. The molecule has 1 fully saturated rings. The Hall–Kier alpha value is -3.08. The fourth-order valence-corrected chi connectivity index (χ4v) is 3.73. The highest BCUT2D eigenvalue weighted by Gasteiger charge is 2.23. The second-order valence-corrected chi connectivity index (χ2v) is 6.93. The zero-order valence-electron chi connectivity index (χ0n) is 15.5. The van der Waals surface area contributed by atoms with Crippen molar-refractivity contribution < 1.29 is 9.59 Å². The second-order valence-electron chi connectivity index (χ2n) is 6.93. The van der Waals surface area contributed by atoms with E-state index in [1.54, 1.807) is 11.8 Å². The van der Waals surface area contributed by atoms with Crippen LogP contribution in [0.3, 0.4) is 0 Å². The third-order valence-electron chi connectivity index (χ3n) is 5.25. The fraction of sp³-hybridized carbons (Fsp3) is 0.273. The number of benzene rings is 2. The number of aromatic nitrogens is 1. The molecule has 27 heavy (non-hydrogen) atoms. The molecule has 0 saturated carbocycles. The molecule has 5 heteroatoms. The summed E-state index contributed by atoms with van der Waals surface area (Å²) in [4.78, 5) is 28.1. The SMILES string of the molecule is CC(=O)N1CCN(C(=O)Cn2c(-c3ccccc3)cc3ccccc32)CC1. The van der Waals surface area contributed by atoms with Crippen LogP contribution in [0.15, 0.2) is 60.7 Å². The van der Waals surface area contributed by atoms with Gasteiger partial charge in [0, 0.05) is 49.7 Å². The van der Waals surface area contributed by atoms with E-state index in [0.717, 1.165) is 22.2 Å². The molecular weight excluding hydrogens is 338 g/mol. The number of amides is 2. The van der Waals surface area contributed by atoms with E-state index < -0.39 is 0 Å². The van der Waals surface area contributed by atoms with Crippen molar-refractivity contribution in [1.29, 1.82) is 0 Å². The molecule has 4 rings (SSSR count). The van der Waals surface area contributed by atoms with Crippen molar-refractivity contribution in [2.75, 3.05) is 26.2 Å². The Labute approximate surface area is 158 Å². The normalized spacial score (nSPS) is 14.6. The van der Waals surface area contributed by atoms with Gasteiger partial charge >= 0.3 is 0 Å². The predicted octanol–water partition coefficient (Wildman–Crippen LogP) is 3.00. The first kappa shape index (κ1) is 17.3. The van der Waals surface area contributed by atoms with Gasteiger partial charge in [0.2, 0.25) is 11.8 Å². The van der Waals surface area contributed by atoms with Crippen LogP contribution in [0.4, 0.5) is 0 Å². The molecule has 0 radical (unpaired) electrons. The lowest BCUT2D eigenvalue weighted by Crippen LogP contribution is -2.50. The van der Waals surface area contributed by atoms with Crippen LogP contribution in [0.25, 0.3) is 22.2 Å².